The molecule has 1 aromatic carbocycles. The lowest BCUT2D eigenvalue weighted by Crippen LogP contribution is -2.36. The Balaban J connectivity index is 2.09. The molecule has 8 heteroatoms. The molecule has 0 saturated carbocycles. The predicted octanol–water partition coefficient (Wildman–Crippen LogP) is 3.50. The molecular weight excluding hydrogens is 415 g/mol. The Morgan fingerprint density at radius 1 is 1.26 bits per heavy atom. The third-order valence-electron chi connectivity index (χ3n) is 3.94. The maximum absolute atomic E-state index is 14.2. The lowest BCUT2D eigenvalue weighted by atomic mass is 10.2. The maximum atomic E-state index is 14.2. The summed E-state index contributed by atoms with van der Waals surface area (Å²) in [4.78, 5) is 30.9. The highest BCUT2D eigenvalue weighted by Gasteiger charge is 2.23. The van der Waals surface area contributed by atoms with E-state index in [4.69, 9.17) is 0 Å². The van der Waals surface area contributed by atoms with Gasteiger partial charge in [0, 0.05) is 29.0 Å². The van der Waals surface area contributed by atoms with Gasteiger partial charge in [-0.1, -0.05) is 12.1 Å². The van der Waals surface area contributed by atoms with Crippen molar-refractivity contribution in [3.8, 4) is 5.69 Å². The molecule has 0 N–H and O–H groups in total. The minimum absolute atomic E-state index is 0.161. The van der Waals surface area contributed by atoms with Crippen LogP contribution in [0.25, 0.3) is 5.69 Å². The number of carbonyl (C=O) groups excluding carboxylic acids is 1. The topological polar surface area (TPSA) is 68.1 Å². The molecule has 0 spiro atoms. The van der Waals surface area contributed by atoms with Gasteiger partial charge in [-0.2, -0.15) is 5.10 Å². The van der Waals surface area contributed by atoms with Crippen molar-refractivity contribution >= 4 is 27.7 Å². The summed E-state index contributed by atoms with van der Waals surface area (Å²) in [5.74, 6) is -0.704. The largest absolute Gasteiger partial charge is 0.291 e. The molecule has 2 heterocycles. The Bertz CT molecular complexity index is 1050. The summed E-state index contributed by atoms with van der Waals surface area (Å²) in [6.07, 6.45) is 1.56. The molecule has 138 valence electrons. The summed E-state index contributed by atoms with van der Waals surface area (Å²) in [6.45, 7) is 3.69. The van der Waals surface area contributed by atoms with Crippen LogP contribution in [0.3, 0.4) is 0 Å². The molecule has 2 aromatic heterocycles. The molecule has 0 aliphatic carbocycles. The number of para-hydroxylation sites is 1. The molecule has 0 aliphatic heterocycles. The van der Waals surface area contributed by atoms with Crippen molar-refractivity contribution in [2.24, 2.45) is 0 Å². The van der Waals surface area contributed by atoms with E-state index in [2.05, 4.69) is 26.0 Å². The fourth-order valence-electron chi connectivity index (χ4n) is 2.63. The van der Waals surface area contributed by atoms with Gasteiger partial charge in [-0.25, -0.2) is 14.1 Å². The Labute approximate surface area is 163 Å². The second kappa shape index (κ2) is 7.79. The molecule has 0 unspecified atom stereocenters. The van der Waals surface area contributed by atoms with Crippen molar-refractivity contribution in [1.29, 1.82) is 0 Å². The van der Waals surface area contributed by atoms with Crippen LogP contribution in [0.4, 0.5) is 10.2 Å². The van der Waals surface area contributed by atoms with Gasteiger partial charge in [-0.05, 0) is 54.0 Å². The van der Waals surface area contributed by atoms with Gasteiger partial charge >= 0.3 is 0 Å². The first-order valence-electron chi connectivity index (χ1n) is 8.21. The molecule has 0 aliphatic rings. The van der Waals surface area contributed by atoms with E-state index in [1.807, 2.05) is 0 Å². The number of nitrogens with zero attached hydrogens (tertiary/aromatic N) is 4. The average molecular weight is 431 g/mol. The summed E-state index contributed by atoms with van der Waals surface area (Å²) in [7, 11) is 0. The fraction of sp³-hybridized carbons (Fsp3) is 0.158. The van der Waals surface area contributed by atoms with Gasteiger partial charge in [-0.15, -0.1) is 0 Å². The second-order valence-electron chi connectivity index (χ2n) is 5.75. The number of amides is 1. The minimum Gasteiger partial charge on any atom is -0.291 e. The second-order valence-corrected chi connectivity index (χ2v) is 6.66. The standard InChI is InChI=1S/C19H16BrFN4O2/c1-3-24(17-9-8-13(20)11-22-17)19(27)18-16(26)10-12(2)25(23-18)15-7-5-4-6-14(15)21/h4-11H,3H2,1-2H3. The number of hydrogen-bond acceptors (Lipinski definition) is 4. The maximum Gasteiger partial charge on any atom is 0.283 e. The molecule has 1 amide bonds. The number of anilines is 1. The number of aryl methyl sites for hydroxylation is 1. The van der Waals surface area contributed by atoms with Crippen LogP contribution in [0.2, 0.25) is 0 Å². The first-order chi connectivity index (χ1) is 12.9. The first-order valence-corrected chi connectivity index (χ1v) is 9.01. The molecule has 6 nitrogen and oxygen atoms in total. The van der Waals surface area contributed by atoms with Crippen LogP contribution >= 0.6 is 15.9 Å². The van der Waals surface area contributed by atoms with E-state index in [9.17, 15) is 14.0 Å². The first kappa shape index (κ1) is 18.9. The van der Waals surface area contributed by atoms with Crippen LogP contribution in [0, 0.1) is 12.7 Å². The van der Waals surface area contributed by atoms with Crippen molar-refractivity contribution in [1.82, 2.24) is 14.8 Å². The highest BCUT2D eigenvalue weighted by Crippen LogP contribution is 2.17. The van der Waals surface area contributed by atoms with E-state index in [-0.39, 0.29) is 11.4 Å². The van der Waals surface area contributed by atoms with E-state index in [0.29, 0.717) is 18.1 Å². The van der Waals surface area contributed by atoms with E-state index < -0.39 is 17.2 Å². The lowest BCUT2D eigenvalue weighted by Gasteiger charge is -2.20. The van der Waals surface area contributed by atoms with Gasteiger partial charge in [0.15, 0.2) is 5.69 Å². The van der Waals surface area contributed by atoms with Gasteiger partial charge < -0.3 is 0 Å². The Morgan fingerprint density at radius 3 is 2.63 bits per heavy atom. The van der Waals surface area contributed by atoms with Crippen LogP contribution in [-0.2, 0) is 0 Å². The number of halogens is 2. The summed E-state index contributed by atoms with van der Waals surface area (Å²) in [6, 6.07) is 10.7. The van der Waals surface area contributed by atoms with Crippen molar-refractivity contribution in [2.75, 3.05) is 11.4 Å². The molecule has 0 saturated heterocycles. The number of benzene rings is 1. The van der Waals surface area contributed by atoms with Crippen LogP contribution in [0.5, 0.6) is 0 Å². The van der Waals surface area contributed by atoms with E-state index in [0.717, 1.165) is 4.47 Å². The lowest BCUT2D eigenvalue weighted by molar-refractivity contribution is 0.0980. The van der Waals surface area contributed by atoms with Gasteiger partial charge in [0.05, 0.1) is 0 Å². The van der Waals surface area contributed by atoms with Crippen molar-refractivity contribution in [2.45, 2.75) is 13.8 Å². The van der Waals surface area contributed by atoms with E-state index >= 15 is 0 Å². The van der Waals surface area contributed by atoms with Crippen molar-refractivity contribution in [3.05, 3.63) is 80.6 Å². The minimum atomic E-state index is -0.595. The van der Waals surface area contributed by atoms with Crippen LogP contribution in [0.15, 0.2) is 57.9 Å². The van der Waals surface area contributed by atoms with Crippen LogP contribution < -0.4 is 10.3 Å². The molecule has 0 fully saturated rings. The number of rotatable bonds is 4. The summed E-state index contributed by atoms with van der Waals surface area (Å²) >= 11 is 3.29. The zero-order valence-electron chi connectivity index (χ0n) is 14.7. The predicted molar refractivity (Wildman–Crippen MR) is 104 cm³/mol. The normalized spacial score (nSPS) is 10.7. The molecule has 3 aromatic rings. The van der Waals surface area contributed by atoms with Gasteiger partial charge in [-0.3, -0.25) is 14.5 Å². The van der Waals surface area contributed by atoms with Gasteiger partial charge in [0.25, 0.3) is 5.91 Å². The SMILES string of the molecule is CCN(C(=O)c1nn(-c2ccccc2F)c(C)cc1=O)c1ccc(Br)cn1. The highest BCUT2D eigenvalue weighted by molar-refractivity contribution is 9.10. The molecule has 3 rings (SSSR count). The van der Waals surface area contributed by atoms with Crippen LogP contribution in [0.1, 0.15) is 23.1 Å². The summed E-state index contributed by atoms with van der Waals surface area (Å²) < 4.78 is 16.2. The Morgan fingerprint density at radius 2 is 2.00 bits per heavy atom. The number of aromatic nitrogens is 3. The highest BCUT2D eigenvalue weighted by atomic mass is 79.9. The zero-order valence-corrected chi connectivity index (χ0v) is 16.3. The molecule has 0 bridgehead atoms. The Hall–Kier alpha value is -2.87. The molecular formula is C19H16BrFN4O2. The van der Waals surface area contributed by atoms with Crippen molar-refractivity contribution < 1.29 is 9.18 Å². The van der Waals surface area contributed by atoms with E-state index in [1.165, 1.54) is 27.8 Å². The van der Waals surface area contributed by atoms with Gasteiger partial charge in [0.1, 0.15) is 17.3 Å². The number of carbonyl (C=O) groups is 1. The average Bonchev–Trinajstić information content (AvgIpc) is 2.65. The quantitative estimate of drug-likeness (QED) is 0.634. The smallest absolute Gasteiger partial charge is 0.283 e. The molecule has 27 heavy (non-hydrogen) atoms. The van der Waals surface area contributed by atoms with Gasteiger partial charge in [0.2, 0.25) is 5.43 Å². The molecule has 0 atom stereocenters. The van der Waals surface area contributed by atoms with E-state index in [1.54, 1.807) is 44.3 Å². The number of pyridine rings is 1. The summed E-state index contributed by atoms with van der Waals surface area (Å²) in [5.41, 5.74) is -0.239. The third-order valence-corrected chi connectivity index (χ3v) is 4.41. The van der Waals surface area contributed by atoms with Crippen LogP contribution in [-0.4, -0.2) is 27.2 Å². The molecule has 0 radical (unpaired) electrons. The zero-order chi connectivity index (χ0) is 19.6. The fourth-order valence-corrected chi connectivity index (χ4v) is 2.86. The third kappa shape index (κ3) is 3.80. The summed E-state index contributed by atoms with van der Waals surface area (Å²) in [5, 5.41) is 4.15. The number of hydrogen-bond donors (Lipinski definition) is 0. The van der Waals surface area contributed by atoms with Crippen molar-refractivity contribution in [3.63, 3.8) is 0 Å². The Kier molecular flexibility index (Phi) is 5.46. The monoisotopic (exact) mass is 430 g/mol.